The van der Waals surface area contributed by atoms with E-state index in [1.54, 1.807) is 7.11 Å². The van der Waals surface area contributed by atoms with Gasteiger partial charge in [-0.05, 0) is 29.8 Å². The fourth-order valence-electron chi connectivity index (χ4n) is 3.18. The molecule has 1 heterocycles. The number of benzene rings is 2. The number of amides is 2. The predicted molar refractivity (Wildman–Crippen MR) is 96.9 cm³/mol. The summed E-state index contributed by atoms with van der Waals surface area (Å²) in [4.78, 5) is 26.1. The maximum atomic E-state index is 12.7. The number of hydrogen-bond donors (Lipinski definition) is 1. The lowest BCUT2D eigenvalue weighted by atomic mass is 10.1. The highest BCUT2D eigenvalue weighted by atomic mass is 16.5. The van der Waals surface area contributed by atoms with Gasteiger partial charge < -0.3 is 20.1 Å². The van der Waals surface area contributed by atoms with Crippen LogP contribution in [0, 0.1) is 0 Å². The first kappa shape index (κ1) is 17.8. The third-order valence-electron chi connectivity index (χ3n) is 4.45. The Balaban J connectivity index is 1.69. The molecule has 2 aromatic rings. The van der Waals surface area contributed by atoms with Crippen LogP contribution in [0.4, 0.5) is 0 Å². The molecular weight excluding hydrogens is 332 g/mol. The van der Waals surface area contributed by atoms with Crippen molar-refractivity contribution in [2.24, 2.45) is 5.73 Å². The molecule has 0 spiro atoms. The lowest BCUT2D eigenvalue weighted by molar-refractivity contribution is -0.136. The lowest BCUT2D eigenvalue weighted by Crippen LogP contribution is -2.44. The van der Waals surface area contributed by atoms with Crippen molar-refractivity contribution in [3.05, 3.63) is 60.2 Å². The van der Waals surface area contributed by atoms with E-state index in [1.165, 1.54) is 4.90 Å². The molecule has 0 aliphatic carbocycles. The average Bonchev–Trinajstić information content (AvgIpc) is 3.07. The smallest absolute Gasteiger partial charge is 0.240 e. The topological polar surface area (TPSA) is 81.9 Å². The van der Waals surface area contributed by atoms with Crippen molar-refractivity contribution in [3.8, 4) is 11.5 Å². The van der Waals surface area contributed by atoms with E-state index in [1.807, 2.05) is 54.6 Å². The van der Waals surface area contributed by atoms with E-state index in [-0.39, 0.29) is 18.4 Å². The van der Waals surface area contributed by atoms with Gasteiger partial charge in [-0.1, -0.05) is 30.3 Å². The molecule has 6 nitrogen and oxygen atoms in total. The molecule has 6 heteroatoms. The number of nitrogens with zero attached hydrogens (tertiary/aromatic N) is 1. The highest BCUT2D eigenvalue weighted by Gasteiger charge is 2.39. The number of para-hydroxylation sites is 1. The van der Waals surface area contributed by atoms with Gasteiger partial charge in [0.15, 0.2) is 0 Å². The summed E-state index contributed by atoms with van der Waals surface area (Å²) in [6.07, 6.45) is 0.316. The minimum atomic E-state index is -0.651. The van der Waals surface area contributed by atoms with Gasteiger partial charge in [0.05, 0.1) is 20.1 Å². The zero-order valence-electron chi connectivity index (χ0n) is 14.6. The highest BCUT2D eigenvalue weighted by molar-refractivity contribution is 5.88. The second-order valence-electron chi connectivity index (χ2n) is 6.28. The van der Waals surface area contributed by atoms with Crippen LogP contribution in [0.15, 0.2) is 54.6 Å². The molecule has 2 amide bonds. The number of hydrogen-bond acceptors (Lipinski definition) is 4. The van der Waals surface area contributed by atoms with Crippen LogP contribution in [0.1, 0.15) is 12.0 Å². The molecular formula is C20H22N2O4. The summed E-state index contributed by atoms with van der Waals surface area (Å²) in [6, 6.07) is 16.0. The number of likely N-dealkylation sites (tertiary alicyclic amines) is 1. The quantitative estimate of drug-likeness (QED) is 0.857. The fourth-order valence-corrected chi connectivity index (χ4v) is 3.18. The Bertz CT molecular complexity index is 778. The molecule has 0 bridgehead atoms. The predicted octanol–water partition coefficient (Wildman–Crippen LogP) is 1.77. The first-order valence-corrected chi connectivity index (χ1v) is 8.50. The van der Waals surface area contributed by atoms with Gasteiger partial charge in [0.25, 0.3) is 0 Å². The van der Waals surface area contributed by atoms with E-state index < -0.39 is 11.9 Å². The number of carbonyl (C=O) groups excluding carboxylic acids is 2. The van der Waals surface area contributed by atoms with Gasteiger partial charge >= 0.3 is 0 Å². The second-order valence-corrected chi connectivity index (χ2v) is 6.28. The zero-order valence-corrected chi connectivity index (χ0v) is 14.6. The monoisotopic (exact) mass is 354 g/mol. The molecule has 0 unspecified atom stereocenters. The van der Waals surface area contributed by atoms with Crippen LogP contribution in [-0.4, -0.2) is 42.5 Å². The molecule has 1 fully saturated rings. The third kappa shape index (κ3) is 4.14. The van der Waals surface area contributed by atoms with Crippen LogP contribution < -0.4 is 15.2 Å². The van der Waals surface area contributed by atoms with Gasteiger partial charge in [0.2, 0.25) is 11.8 Å². The molecule has 1 aliphatic rings. The summed E-state index contributed by atoms with van der Waals surface area (Å²) in [5.41, 5.74) is 6.34. The van der Waals surface area contributed by atoms with E-state index in [0.717, 1.165) is 5.56 Å². The first-order chi connectivity index (χ1) is 12.6. The number of carbonyl (C=O) groups is 2. The van der Waals surface area contributed by atoms with Crippen molar-refractivity contribution >= 4 is 11.8 Å². The van der Waals surface area contributed by atoms with Crippen molar-refractivity contribution in [1.82, 2.24) is 4.90 Å². The maximum Gasteiger partial charge on any atom is 0.240 e. The number of primary amides is 1. The van der Waals surface area contributed by atoms with Gasteiger partial charge in [0, 0.05) is 6.42 Å². The van der Waals surface area contributed by atoms with Crippen molar-refractivity contribution < 1.29 is 19.1 Å². The number of ether oxygens (including phenoxy) is 2. The Labute approximate surface area is 152 Å². The van der Waals surface area contributed by atoms with Gasteiger partial charge in [-0.2, -0.15) is 0 Å². The molecule has 26 heavy (non-hydrogen) atoms. The lowest BCUT2D eigenvalue weighted by Gasteiger charge is -2.22. The van der Waals surface area contributed by atoms with Gasteiger partial charge in [-0.3, -0.25) is 9.59 Å². The molecule has 1 aliphatic heterocycles. The number of methoxy groups -OCH3 is 1. The van der Waals surface area contributed by atoms with E-state index in [4.69, 9.17) is 15.2 Å². The summed E-state index contributed by atoms with van der Waals surface area (Å²) in [5.74, 6) is 0.737. The number of nitrogens with two attached hydrogens (primary N) is 1. The van der Waals surface area contributed by atoms with Crippen LogP contribution in [0.25, 0.3) is 0 Å². The first-order valence-electron chi connectivity index (χ1n) is 8.50. The Kier molecular flexibility index (Phi) is 5.41. The standard InChI is InChI=1S/C20H22N2O4/c1-25-16-9-5-6-14(10-16)11-19(23)22-13-17(12-18(22)20(21)24)26-15-7-3-2-4-8-15/h2-10,17-18H,11-13H2,1H3,(H2,21,24)/t17-,18-/m0/s1. The van der Waals surface area contributed by atoms with E-state index in [2.05, 4.69) is 0 Å². The van der Waals surface area contributed by atoms with Gasteiger partial charge in [0.1, 0.15) is 23.6 Å². The summed E-state index contributed by atoms with van der Waals surface area (Å²) < 4.78 is 11.1. The Morgan fingerprint density at radius 2 is 1.85 bits per heavy atom. The van der Waals surface area contributed by atoms with Crippen molar-refractivity contribution in [2.75, 3.05) is 13.7 Å². The fraction of sp³-hybridized carbons (Fsp3) is 0.300. The van der Waals surface area contributed by atoms with Crippen LogP contribution in [0.2, 0.25) is 0 Å². The molecule has 1 saturated heterocycles. The zero-order chi connectivity index (χ0) is 18.5. The molecule has 2 atom stereocenters. The number of rotatable bonds is 6. The van der Waals surface area contributed by atoms with Crippen molar-refractivity contribution in [2.45, 2.75) is 25.0 Å². The summed E-state index contributed by atoms with van der Waals surface area (Å²) >= 11 is 0. The molecule has 0 saturated carbocycles. The largest absolute Gasteiger partial charge is 0.497 e. The molecule has 3 rings (SSSR count). The molecule has 136 valence electrons. The molecule has 2 aromatic carbocycles. The molecule has 2 N–H and O–H groups in total. The van der Waals surface area contributed by atoms with Crippen molar-refractivity contribution in [1.29, 1.82) is 0 Å². The third-order valence-corrected chi connectivity index (χ3v) is 4.45. The Hall–Kier alpha value is -3.02. The van der Waals surface area contributed by atoms with E-state index >= 15 is 0 Å². The normalized spacial score (nSPS) is 19.2. The highest BCUT2D eigenvalue weighted by Crippen LogP contribution is 2.24. The van der Waals surface area contributed by atoms with Gasteiger partial charge in [-0.15, -0.1) is 0 Å². The van der Waals surface area contributed by atoms with Crippen LogP contribution in [0.3, 0.4) is 0 Å². The van der Waals surface area contributed by atoms with Crippen LogP contribution in [0.5, 0.6) is 11.5 Å². The van der Waals surface area contributed by atoms with E-state index in [9.17, 15) is 9.59 Å². The minimum Gasteiger partial charge on any atom is -0.497 e. The van der Waals surface area contributed by atoms with Crippen molar-refractivity contribution in [3.63, 3.8) is 0 Å². The summed E-state index contributed by atoms with van der Waals surface area (Å²) in [6.45, 7) is 0.339. The Morgan fingerprint density at radius 3 is 2.54 bits per heavy atom. The second kappa shape index (κ2) is 7.91. The van der Waals surface area contributed by atoms with E-state index in [0.29, 0.717) is 24.5 Å². The van der Waals surface area contributed by atoms with Crippen LogP contribution >= 0.6 is 0 Å². The minimum absolute atomic E-state index is 0.152. The molecule has 0 aromatic heterocycles. The average molecular weight is 354 g/mol. The Morgan fingerprint density at radius 1 is 1.12 bits per heavy atom. The van der Waals surface area contributed by atoms with Crippen LogP contribution in [-0.2, 0) is 16.0 Å². The maximum absolute atomic E-state index is 12.7. The summed E-state index contributed by atoms with van der Waals surface area (Å²) in [7, 11) is 1.58. The SMILES string of the molecule is COc1cccc(CC(=O)N2C[C@@H](Oc3ccccc3)C[C@H]2C(N)=O)c1. The van der Waals surface area contributed by atoms with Gasteiger partial charge in [-0.25, -0.2) is 0 Å². The molecule has 0 radical (unpaired) electrons. The summed E-state index contributed by atoms with van der Waals surface area (Å²) in [5, 5.41) is 0.